The molecule has 2 aliphatic rings. The largest absolute Gasteiger partial charge is 0.271 e. The number of rotatable bonds is 2. The minimum atomic E-state index is -0.381. The van der Waals surface area contributed by atoms with Crippen LogP contribution in [-0.4, -0.2) is 14.8 Å². The van der Waals surface area contributed by atoms with E-state index in [1.165, 1.54) is 43.2 Å². The molecular formula is C18H19ClFN3OS. The first kappa shape index (κ1) is 16.9. The summed E-state index contributed by atoms with van der Waals surface area (Å²) in [6, 6.07) is 4.63. The van der Waals surface area contributed by atoms with Gasteiger partial charge in [-0.2, -0.15) is 0 Å². The van der Waals surface area contributed by atoms with Crippen molar-refractivity contribution in [2.45, 2.75) is 50.3 Å². The summed E-state index contributed by atoms with van der Waals surface area (Å²) in [7, 11) is 0. The third-order valence-electron chi connectivity index (χ3n) is 4.93. The number of nitrogens with zero attached hydrogens (tertiary/aromatic N) is 2. The van der Waals surface area contributed by atoms with Crippen LogP contribution in [0.3, 0.4) is 0 Å². The Morgan fingerprint density at radius 2 is 2.08 bits per heavy atom. The second-order valence-electron chi connectivity index (χ2n) is 6.63. The Bertz CT molecular complexity index is 898. The number of aromatic nitrogens is 2. The van der Waals surface area contributed by atoms with Crippen LogP contribution in [0.4, 0.5) is 10.2 Å². The van der Waals surface area contributed by atoms with Gasteiger partial charge in [0.15, 0.2) is 5.82 Å². The van der Waals surface area contributed by atoms with Gasteiger partial charge in [0.25, 0.3) is 5.56 Å². The minimum absolute atomic E-state index is 0.130. The molecular weight excluding hydrogens is 361 g/mol. The molecule has 0 spiro atoms. The van der Waals surface area contributed by atoms with Gasteiger partial charge in [0.2, 0.25) is 0 Å². The number of aromatic amines is 1. The monoisotopic (exact) mass is 379 g/mol. The average Bonchev–Trinajstić information content (AvgIpc) is 2.92. The molecule has 2 heterocycles. The van der Waals surface area contributed by atoms with Crippen LogP contribution >= 0.6 is 23.4 Å². The van der Waals surface area contributed by atoms with Crippen LogP contribution in [0, 0.1) is 5.82 Å². The van der Waals surface area contributed by atoms with E-state index >= 15 is 0 Å². The fourth-order valence-corrected chi connectivity index (χ4v) is 5.23. The van der Waals surface area contributed by atoms with E-state index in [0.29, 0.717) is 16.4 Å². The zero-order valence-corrected chi connectivity index (χ0v) is 15.5. The number of benzene rings is 1. The number of aliphatic imine (C=N–C) groups is 1. The van der Waals surface area contributed by atoms with E-state index in [1.54, 1.807) is 6.07 Å². The van der Waals surface area contributed by atoms with Crippen molar-refractivity contribution in [1.29, 1.82) is 0 Å². The van der Waals surface area contributed by atoms with E-state index in [9.17, 15) is 9.18 Å². The van der Waals surface area contributed by atoms with Gasteiger partial charge in [-0.15, -0.1) is 0 Å². The van der Waals surface area contributed by atoms with E-state index in [2.05, 4.69) is 10.1 Å². The van der Waals surface area contributed by atoms with E-state index in [-0.39, 0.29) is 22.7 Å². The van der Waals surface area contributed by atoms with Gasteiger partial charge < -0.3 is 0 Å². The molecule has 0 amide bonds. The van der Waals surface area contributed by atoms with Crippen LogP contribution < -0.4 is 5.56 Å². The molecule has 4 nitrogen and oxygen atoms in total. The second kappa shape index (κ2) is 6.65. The lowest BCUT2D eigenvalue weighted by molar-refractivity contribution is 0.331. The number of hydrogen-bond acceptors (Lipinski definition) is 3. The van der Waals surface area contributed by atoms with Crippen LogP contribution in [0.15, 0.2) is 28.0 Å². The van der Waals surface area contributed by atoms with Gasteiger partial charge in [0.05, 0.1) is 21.9 Å². The van der Waals surface area contributed by atoms with Gasteiger partial charge in [0, 0.05) is 5.02 Å². The van der Waals surface area contributed by atoms with Crippen molar-refractivity contribution in [2.75, 3.05) is 0 Å². The third-order valence-corrected chi connectivity index (χ3v) is 6.42. The third kappa shape index (κ3) is 3.06. The predicted molar refractivity (Wildman–Crippen MR) is 101 cm³/mol. The summed E-state index contributed by atoms with van der Waals surface area (Å²) in [5.41, 5.74) is 1.24. The fourth-order valence-electron chi connectivity index (χ4n) is 3.75. The minimum Gasteiger partial charge on any atom is -0.268 e. The number of halogens is 2. The molecule has 2 aromatic rings. The van der Waals surface area contributed by atoms with Crippen molar-refractivity contribution in [3.63, 3.8) is 0 Å². The maximum Gasteiger partial charge on any atom is 0.271 e. The number of thioether (sulfide) groups is 1. The van der Waals surface area contributed by atoms with Gasteiger partial charge in [0.1, 0.15) is 5.82 Å². The Morgan fingerprint density at radius 3 is 2.80 bits per heavy atom. The average molecular weight is 380 g/mol. The van der Waals surface area contributed by atoms with Gasteiger partial charge >= 0.3 is 0 Å². The summed E-state index contributed by atoms with van der Waals surface area (Å²) >= 11 is 7.76. The van der Waals surface area contributed by atoms with E-state index in [1.807, 2.05) is 11.6 Å². The normalized spacial score (nSPS) is 21.1. The summed E-state index contributed by atoms with van der Waals surface area (Å²) in [5, 5.41) is 3.94. The van der Waals surface area contributed by atoms with Crippen molar-refractivity contribution >= 4 is 34.2 Å². The Hall–Kier alpha value is -1.53. The zero-order valence-electron chi connectivity index (χ0n) is 13.9. The molecule has 1 saturated carbocycles. The van der Waals surface area contributed by atoms with E-state index < -0.39 is 0 Å². The van der Waals surface area contributed by atoms with Crippen LogP contribution in [0.1, 0.15) is 61.4 Å². The summed E-state index contributed by atoms with van der Waals surface area (Å²) < 4.78 is 15.4. The summed E-state index contributed by atoms with van der Waals surface area (Å²) in [6.45, 7) is 1.93. The van der Waals surface area contributed by atoms with E-state index in [0.717, 1.165) is 23.4 Å². The quantitative estimate of drug-likeness (QED) is 0.763. The van der Waals surface area contributed by atoms with Gasteiger partial charge in [-0.3, -0.25) is 14.6 Å². The van der Waals surface area contributed by atoms with Gasteiger partial charge in [-0.25, -0.2) is 9.38 Å². The fraction of sp³-hybridized carbons (Fsp3) is 0.444. The number of hydrogen-bond donors (Lipinski definition) is 1. The molecule has 1 atom stereocenters. The SMILES string of the molecule is CC1=Nc2c(c(=O)[nH]n2C2CCCCC2)[C@@H](c2ccc(F)cc2Cl)S1. The highest BCUT2D eigenvalue weighted by atomic mass is 35.5. The molecule has 4 rings (SSSR count). The van der Waals surface area contributed by atoms with Crippen LogP contribution in [0.25, 0.3) is 0 Å². The molecule has 1 fully saturated rings. The smallest absolute Gasteiger partial charge is 0.268 e. The predicted octanol–water partition coefficient (Wildman–Crippen LogP) is 5.36. The maximum absolute atomic E-state index is 13.4. The van der Waals surface area contributed by atoms with Crippen molar-refractivity contribution in [3.05, 3.63) is 50.5 Å². The van der Waals surface area contributed by atoms with Crippen LogP contribution in [-0.2, 0) is 0 Å². The lowest BCUT2D eigenvalue weighted by Gasteiger charge is -2.26. The number of nitrogens with one attached hydrogen (secondary N) is 1. The van der Waals surface area contributed by atoms with Crippen molar-refractivity contribution < 1.29 is 4.39 Å². The summed E-state index contributed by atoms with van der Waals surface area (Å²) in [6.07, 6.45) is 5.70. The van der Waals surface area contributed by atoms with Gasteiger partial charge in [-0.1, -0.05) is 48.7 Å². The van der Waals surface area contributed by atoms with Crippen molar-refractivity contribution in [1.82, 2.24) is 9.78 Å². The summed E-state index contributed by atoms with van der Waals surface area (Å²) in [5.74, 6) is 0.326. The van der Waals surface area contributed by atoms with Crippen LogP contribution in [0.2, 0.25) is 5.02 Å². The Balaban J connectivity index is 1.83. The topological polar surface area (TPSA) is 50.1 Å². The van der Waals surface area contributed by atoms with Crippen molar-refractivity contribution in [2.24, 2.45) is 4.99 Å². The first-order valence-corrected chi connectivity index (χ1v) is 9.81. The molecule has 1 aromatic carbocycles. The zero-order chi connectivity index (χ0) is 17.6. The highest BCUT2D eigenvalue weighted by Gasteiger charge is 2.33. The molecule has 1 aliphatic heterocycles. The highest BCUT2D eigenvalue weighted by molar-refractivity contribution is 8.14. The lowest BCUT2D eigenvalue weighted by Crippen LogP contribution is -2.16. The molecule has 0 bridgehead atoms. The van der Waals surface area contributed by atoms with Crippen LogP contribution in [0.5, 0.6) is 0 Å². The molecule has 7 heteroatoms. The standard InChI is InChI=1S/C18H19ClFN3OS/c1-10-21-17-15(16(25-10)13-8-7-11(20)9-14(13)19)18(24)22-23(17)12-5-3-2-4-6-12/h7-9,12,16H,2-6H2,1H3,(H,22,24)/t16-/m1/s1. The molecule has 1 aliphatic carbocycles. The first-order chi connectivity index (χ1) is 12.0. The Labute approximate surface area is 154 Å². The molecule has 0 radical (unpaired) electrons. The molecule has 1 N–H and O–H groups in total. The van der Waals surface area contributed by atoms with E-state index in [4.69, 9.17) is 11.6 Å². The maximum atomic E-state index is 13.4. The van der Waals surface area contributed by atoms with Crippen molar-refractivity contribution in [3.8, 4) is 0 Å². The molecule has 132 valence electrons. The first-order valence-electron chi connectivity index (χ1n) is 8.56. The van der Waals surface area contributed by atoms with Gasteiger partial charge in [-0.05, 0) is 37.5 Å². The summed E-state index contributed by atoms with van der Waals surface area (Å²) in [4.78, 5) is 17.4. The number of fused-ring (bicyclic) bond motifs is 1. The second-order valence-corrected chi connectivity index (χ2v) is 8.34. The lowest BCUT2D eigenvalue weighted by atomic mass is 9.95. The number of H-pyrrole nitrogens is 1. The Kier molecular flexibility index (Phi) is 4.50. The molecule has 25 heavy (non-hydrogen) atoms. The molecule has 0 unspecified atom stereocenters. The molecule has 0 saturated heterocycles. The highest BCUT2D eigenvalue weighted by Crippen LogP contribution is 2.46. The molecule has 1 aromatic heterocycles. The Morgan fingerprint density at radius 1 is 1.32 bits per heavy atom.